The molecular weight excluding hydrogens is 236 g/mol. The summed E-state index contributed by atoms with van der Waals surface area (Å²) in [6.07, 6.45) is 4.97. The van der Waals surface area contributed by atoms with Crippen LogP contribution in [0.25, 0.3) is 5.70 Å². The van der Waals surface area contributed by atoms with E-state index in [0.717, 1.165) is 6.42 Å². The minimum atomic E-state index is 0.138. The van der Waals surface area contributed by atoms with Gasteiger partial charge in [-0.2, -0.15) is 10.2 Å². The second kappa shape index (κ2) is 7.52. The molecule has 0 radical (unpaired) electrons. The van der Waals surface area contributed by atoms with E-state index in [1.54, 1.807) is 18.2 Å². The summed E-state index contributed by atoms with van der Waals surface area (Å²) in [4.78, 5) is 0. The Morgan fingerprint density at radius 1 is 1.37 bits per heavy atom. The number of hydrogen-bond donors (Lipinski definition) is 1. The van der Waals surface area contributed by atoms with Crippen molar-refractivity contribution >= 4 is 5.70 Å². The second-order valence-electron chi connectivity index (χ2n) is 4.80. The maximum Gasteiger partial charge on any atom is 0.125 e. The molecule has 0 aliphatic carbocycles. The monoisotopic (exact) mass is 258 g/mol. The third-order valence-corrected chi connectivity index (χ3v) is 2.92. The van der Waals surface area contributed by atoms with Gasteiger partial charge in [0, 0.05) is 5.56 Å². The molecule has 1 N–H and O–H groups in total. The maximum atomic E-state index is 9.72. The van der Waals surface area contributed by atoms with E-state index in [4.69, 9.17) is 0 Å². The van der Waals surface area contributed by atoms with Crippen LogP contribution in [0.3, 0.4) is 0 Å². The van der Waals surface area contributed by atoms with E-state index >= 15 is 0 Å². The number of phenols is 1. The number of aromatic hydroxyl groups is 1. The van der Waals surface area contributed by atoms with Crippen LogP contribution in [-0.4, -0.2) is 11.1 Å². The summed E-state index contributed by atoms with van der Waals surface area (Å²) in [7, 11) is 0. The van der Waals surface area contributed by atoms with Crippen molar-refractivity contribution in [3.8, 4) is 5.75 Å². The number of para-hydroxylation sites is 1. The van der Waals surface area contributed by atoms with Crippen molar-refractivity contribution in [3.63, 3.8) is 0 Å². The fraction of sp³-hybridized carbons (Fsp3) is 0.375. The smallest absolute Gasteiger partial charge is 0.125 e. The van der Waals surface area contributed by atoms with Crippen LogP contribution in [0.1, 0.15) is 32.8 Å². The first-order valence-electron chi connectivity index (χ1n) is 6.55. The van der Waals surface area contributed by atoms with Crippen LogP contribution in [0.2, 0.25) is 0 Å². The minimum Gasteiger partial charge on any atom is -0.507 e. The molecule has 0 saturated heterocycles. The van der Waals surface area contributed by atoms with Gasteiger partial charge in [0.25, 0.3) is 0 Å². The molecule has 0 heterocycles. The Hall–Kier alpha value is -1.90. The lowest BCUT2D eigenvalue weighted by Gasteiger charge is -2.13. The maximum absolute atomic E-state index is 9.72. The highest BCUT2D eigenvalue weighted by atomic mass is 16.3. The molecule has 0 bridgehead atoms. The van der Waals surface area contributed by atoms with E-state index in [1.165, 1.54) is 0 Å². The quantitative estimate of drug-likeness (QED) is 0.577. The lowest BCUT2D eigenvalue weighted by atomic mass is 10.0. The van der Waals surface area contributed by atoms with Gasteiger partial charge in [0.15, 0.2) is 0 Å². The van der Waals surface area contributed by atoms with Gasteiger partial charge in [-0.1, -0.05) is 44.7 Å². The van der Waals surface area contributed by atoms with Crippen LogP contribution in [0.15, 0.2) is 53.2 Å². The Labute approximate surface area is 115 Å². The van der Waals surface area contributed by atoms with E-state index in [9.17, 15) is 5.11 Å². The van der Waals surface area contributed by atoms with Crippen LogP contribution in [0, 0.1) is 5.92 Å². The first kappa shape index (κ1) is 15.2. The summed E-state index contributed by atoms with van der Waals surface area (Å²) >= 11 is 0. The molecule has 3 heteroatoms. The van der Waals surface area contributed by atoms with Crippen molar-refractivity contribution in [1.82, 2.24) is 0 Å². The van der Waals surface area contributed by atoms with Crippen LogP contribution in [0.5, 0.6) is 5.75 Å². The summed E-state index contributed by atoms with van der Waals surface area (Å²) in [6, 6.07) is 7.16. The Morgan fingerprint density at radius 2 is 2.05 bits per heavy atom. The second-order valence-corrected chi connectivity index (χ2v) is 4.80. The molecule has 19 heavy (non-hydrogen) atoms. The third kappa shape index (κ3) is 4.70. The lowest BCUT2D eigenvalue weighted by molar-refractivity contribution is 0.472. The normalized spacial score (nSPS) is 13.5. The molecule has 1 rings (SSSR count). The molecule has 0 aliphatic rings. The van der Waals surface area contributed by atoms with E-state index < -0.39 is 0 Å². The zero-order valence-corrected chi connectivity index (χ0v) is 11.9. The molecule has 0 amide bonds. The predicted octanol–water partition coefficient (Wildman–Crippen LogP) is 4.81. The van der Waals surface area contributed by atoms with Crippen LogP contribution in [0.4, 0.5) is 0 Å². The average Bonchev–Trinajstić information content (AvgIpc) is 2.38. The number of azo groups is 1. The van der Waals surface area contributed by atoms with Gasteiger partial charge in [-0.05, 0) is 31.4 Å². The highest BCUT2D eigenvalue weighted by Crippen LogP contribution is 2.25. The van der Waals surface area contributed by atoms with Crippen molar-refractivity contribution in [2.24, 2.45) is 16.1 Å². The van der Waals surface area contributed by atoms with Gasteiger partial charge >= 0.3 is 0 Å². The van der Waals surface area contributed by atoms with E-state index in [2.05, 4.69) is 36.7 Å². The molecule has 102 valence electrons. The molecule has 1 atom stereocenters. The number of benzene rings is 1. The first-order valence-corrected chi connectivity index (χ1v) is 6.55. The van der Waals surface area contributed by atoms with Crippen molar-refractivity contribution in [3.05, 3.63) is 48.6 Å². The standard InChI is InChI=1S/C16H22N2O/c1-5-6-10-15(12(2)3)18-17-13(4)14-9-7-8-11-16(14)19/h5-9,11-12,15,19H,4,10H2,1-3H3/b6-5-,18-17-/t15-/m1/s1. The summed E-state index contributed by atoms with van der Waals surface area (Å²) in [5.41, 5.74) is 1.11. The molecule has 0 aliphatic heterocycles. The molecule has 0 saturated carbocycles. The van der Waals surface area contributed by atoms with Crippen molar-refractivity contribution in [2.75, 3.05) is 0 Å². The van der Waals surface area contributed by atoms with Crippen LogP contribution in [-0.2, 0) is 0 Å². The van der Waals surface area contributed by atoms with Crippen molar-refractivity contribution < 1.29 is 5.11 Å². The number of phenolic OH excluding ortho intramolecular Hbond substituents is 1. The largest absolute Gasteiger partial charge is 0.507 e. The van der Waals surface area contributed by atoms with Gasteiger partial charge in [-0.25, -0.2) is 0 Å². The molecule has 1 aromatic rings. The van der Waals surface area contributed by atoms with Gasteiger partial charge in [0.1, 0.15) is 5.75 Å². The number of hydrogen-bond acceptors (Lipinski definition) is 3. The van der Waals surface area contributed by atoms with Gasteiger partial charge in [0.2, 0.25) is 0 Å². The zero-order chi connectivity index (χ0) is 14.3. The highest BCUT2D eigenvalue weighted by molar-refractivity contribution is 5.66. The molecule has 0 unspecified atom stereocenters. The highest BCUT2D eigenvalue weighted by Gasteiger charge is 2.11. The Bertz CT molecular complexity index is 475. The number of rotatable bonds is 6. The SMILES string of the molecule is C=C(/N=N\[C@H](C/C=C\C)C(C)C)c1ccccc1O. The summed E-state index contributed by atoms with van der Waals surface area (Å²) in [5.74, 6) is 0.595. The number of nitrogens with zero attached hydrogens (tertiary/aromatic N) is 2. The Balaban J connectivity index is 2.79. The average molecular weight is 258 g/mol. The summed E-state index contributed by atoms with van der Waals surface area (Å²) < 4.78 is 0. The van der Waals surface area contributed by atoms with Crippen LogP contribution >= 0.6 is 0 Å². The van der Waals surface area contributed by atoms with E-state index in [1.807, 2.05) is 19.1 Å². The minimum absolute atomic E-state index is 0.138. The van der Waals surface area contributed by atoms with Crippen LogP contribution < -0.4 is 0 Å². The van der Waals surface area contributed by atoms with Gasteiger partial charge in [-0.3, -0.25) is 0 Å². The van der Waals surface area contributed by atoms with Gasteiger partial charge in [0.05, 0.1) is 11.7 Å². The number of allylic oxidation sites excluding steroid dienone is 1. The Kier molecular flexibility index (Phi) is 6.00. The van der Waals surface area contributed by atoms with Crippen molar-refractivity contribution in [1.29, 1.82) is 0 Å². The Morgan fingerprint density at radius 3 is 2.63 bits per heavy atom. The van der Waals surface area contributed by atoms with E-state index in [0.29, 0.717) is 17.2 Å². The first-order chi connectivity index (χ1) is 9.06. The van der Waals surface area contributed by atoms with Gasteiger partial charge in [-0.15, -0.1) is 0 Å². The molecular formula is C16H22N2O. The summed E-state index contributed by atoms with van der Waals surface area (Å²) in [5, 5.41) is 18.2. The topological polar surface area (TPSA) is 45.0 Å². The van der Waals surface area contributed by atoms with Gasteiger partial charge < -0.3 is 5.11 Å². The van der Waals surface area contributed by atoms with Crippen molar-refractivity contribution in [2.45, 2.75) is 33.2 Å². The van der Waals surface area contributed by atoms with E-state index in [-0.39, 0.29) is 11.8 Å². The zero-order valence-electron chi connectivity index (χ0n) is 11.9. The fourth-order valence-electron chi connectivity index (χ4n) is 1.64. The molecule has 0 aromatic heterocycles. The molecule has 1 aromatic carbocycles. The third-order valence-electron chi connectivity index (χ3n) is 2.92. The predicted molar refractivity (Wildman–Crippen MR) is 80.1 cm³/mol. The fourth-order valence-corrected chi connectivity index (χ4v) is 1.64. The molecule has 0 spiro atoms. The lowest BCUT2D eigenvalue weighted by Crippen LogP contribution is -2.10. The molecule has 3 nitrogen and oxygen atoms in total. The molecule has 0 fully saturated rings. The summed E-state index contributed by atoms with van der Waals surface area (Å²) in [6.45, 7) is 10.1.